The fraction of sp³-hybridized carbons (Fsp3) is 0.125. The molecule has 94 valence electrons. The van der Waals surface area contributed by atoms with Crippen molar-refractivity contribution in [3.05, 3.63) is 65.2 Å². The number of hydrogen-bond donors (Lipinski definition) is 1. The van der Waals surface area contributed by atoms with Gasteiger partial charge in [-0.05, 0) is 42.8 Å². The van der Waals surface area contributed by atoms with E-state index in [1.54, 1.807) is 25.1 Å². The average Bonchev–Trinajstić information content (AvgIpc) is 2.45. The highest BCUT2D eigenvalue weighted by molar-refractivity contribution is 5.94. The SMILES string of the molecule is CC(=O)c1ccc(NCc2ccccc2C#N)cc1. The Balaban J connectivity index is 2.06. The second-order valence-corrected chi connectivity index (χ2v) is 4.26. The molecule has 3 nitrogen and oxygen atoms in total. The van der Waals surface area contributed by atoms with Crippen molar-refractivity contribution in [2.75, 3.05) is 5.32 Å². The van der Waals surface area contributed by atoms with Gasteiger partial charge in [-0.1, -0.05) is 18.2 Å². The van der Waals surface area contributed by atoms with Gasteiger partial charge in [-0.2, -0.15) is 5.26 Å². The second kappa shape index (κ2) is 5.83. The van der Waals surface area contributed by atoms with Gasteiger partial charge in [0.1, 0.15) is 0 Å². The van der Waals surface area contributed by atoms with E-state index in [4.69, 9.17) is 5.26 Å². The van der Waals surface area contributed by atoms with Crippen LogP contribution in [-0.2, 0) is 6.54 Å². The number of nitrogens with one attached hydrogen (secondary N) is 1. The lowest BCUT2D eigenvalue weighted by Gasteiger charge is -2.08. The van der Waals surface area contributed by atoms with Gasteiger partial charge in [0.05, 0.1) is 11.6 Å². The topological polar surface area (TPSA) is 52.9 Å². The monoisotopic (exact) mass is 250 g/mol. The summed E-state index contributed by atoms with van der Waals surface area (Å²) in [7, 11) is 0. The second-order valence-electron chi connectivity index (χ2n) is 4.26. The van der Waals surface area contributed by atoms with Gasteiger partial charge in [-0.15, -0.1) is 0 Å². The molecule has 0 aromatic heterocycles. The number of rotatable bonds is 4. The van der Waals surface area contributed by atoms with Crippen LogP contribution in [-0.4, -0.2) is 5.78 Å². The molecule has 0 amide bonds. The summed E-state index contributed by atoms with van der Waals surface area (Å²) in [6, 6.07) is 17.0. The van der Waals surface area contributed by atoms with Gasteiger partial charge in [-0.3, -0.25) is 4.79 Å². The van der Waals surface area contributed by atoms with Gasteiger partial charge in [0.2, 0.25) is 0 Å². The van der Waals surface area contributed by atoms with Gasteiger partial charge < -0.3 is 5.32 Å². The van der Waals surface area contributed by atoms with Crippen molar-refractivity contribution in [1.82, 2.24) is 0 Å². The summed E-state index contributed by atoms with van der Waals surface area (Å²) >= 11 is 0. The number of ketones is 1. The van der Waals surface area contributed by atoms with Crippen LogP contribution >= 0.6 is 0 Å². The van der Waals surface area contributed by atoms with Crippen LogP contribution < -0.4 is 5.32 Å². The zero-order chi connectivity index (χ0) is 13.7. The normalized spacial score (nSPS) is 9.68. The molecule has 0 saturated heterocycles. The Labute approximate surface area is 112 Å². The van der Waals surface area contributed by atoms with Crippen LogP contribution in [0, 0.1) is 11.3 Å². The first-order valence-corrected chi connectivity index (χ1v) is 6.03. The van der Waals surface area contributed by atoms with Crippen molar-refractivity contribution in [2.45, 2.75) is 13.5 Å². The van der Waals surface area contributed by atoms with Crippen molar-refractivity contribution >= 4 is 11.5 Å². The van der Waals surface area contributed by atoms with Crippen LogP contribution in [0.4, 0.5) is 5.69 Å². The zero-order valence-electron chi connectivity index (χ0n) is 10.7. The summed E-state index contributed by atoms with van der Waals surface area (Å²) in [4.78, 5) is 11.2. The maximum Gasteiger partial charge on any atom is 0.159 e. The molecule has 1 N–H and O–H groups in total. The van der Waals surface area contributed by atoms with E-state index in [-0.39, 0.29) is 5.78 Å². The smallest absolute Gasteiger partial charge is 0.159 e. The minimum atomic E-state index is 0.0568. The largest absolute Gasteiger partial charge is 0.381 e. The molecule has 2 aromatic rings. The lowest BCUT2D eigenvalue weighted by atomic mass is 10.1. The average molecular weight is 250 g/mol. The minimum Gasteiger partial charge on any atom is -0.381 e. The van der Waals surface area contributed by atoms with E-state index in [9.17, 15) is 4.79 Å². The minimum absolute atomic E-state index is 0.0568. The molecule has 0 aliphatic heterocycles. The molecule has 0 aliphatic rings. The number of nitrogens with zero attached hydrogens (tertiary/aromatic N) is 1. The highest BCUT2D eigenvalue weighted by Gasteiger charge is 2.01. The van der Waals surface area contributed by atoms with E-state index in [1.165, 1.54) is 0 Å². The van der Waals surface area contributed by atoms with Crippen LogP contribution in [0.3, 0.4) is 0 Å². The Morgan fingerprint density at radius 3 is 2.47 bits per heavy atom. The van der Waals surface area contributed by atoms with Gasteiger partial charge in [0.25, 0.3) is 0 Å². The summed E-state index contributed by atoms with van der Waals surface area (Å²) < 4.78 is 0. The van der Waals surface area contributed by atoms with Crippen molar-refractivity contribution in [3.63, 3.8) is 0 Å². The molecule has 2 aromatic carbocycles. The Morgan fingerprint density at radius 1 is 1.16 bits per heavy atom. The highest BCUT2D eigenvalue weighted by Crippen LogP contribution is 2.13. The number of anilines is 1. The fourth-order valence-corrected chi connectivity index (χ4v) is 1.80. The molecule has 3 heteroatoms. The van der Waals surface area contributed by atoms with Crippen molar-refractivity contribution in [3.8, 4) is 6.07 Å². The molecule has 0 radical (unpaired) electrons. The Kier molecular flexibility index (Phi) is 3.94. The Hall–Kier alpha value is -2.60. The molecule has 19 heavy (non-hydrogen) atoms. The maximum absolute atomic E-state index is 11.2. The molecule has 0 fully saturated rings. The maximum atomic E-state index is 11.2. The molecule has 0 saturated carbocycles. The molecule has 2 rings (SSSR count). The fourth-order valence-electron chi connectivity index (χ4n) is 1.80. The van der Waals surface area contributed by atoms with Gasteiger partial charge in [0, 0.05) is 17.8 Å². The zero-order valence-corrected chi connectivity index (χ0v) is 10.7. The molecule has 0 aliphatic carbocycles. The van der Waals surface area contributed by atoms with Crippen LogP contribution in [0.5, 0.6) is 0 Å². The van der Waals surface area contributed by atoms with E-state index in [0.717, 1.165) is 11.3 Å². The van der Waals surface area contributed by atoms with E-state index >= 15 is 0 Å². The van der Waals surface area contributed by atoms with E-state index in [0.29, 0.717) is 17.7 Å². The highest BCUT2D eigenvalue weighted by atomic mass is 16.1. The third-order valence-corrected chi connectivity index (χ3v) is 2.91. The molecule has 0 bridgehead atoms. The third-order valence-electron chi connectivity index (χ3n) is 2.91. The number of Topliss-reactive ketones (excluding diaryl/α,β-unsaturated/α-hetero) is 1. The van der Waals surface area contributed by atoms with E-state index in [2.05, 4.69) is 11.4 Å². The standard InChI is InChI=1S/C16H14N2O/c1-12(19)13-6-8-16(9-7-13)18-11-15-5-3-2-4-14(15)10-17/h2-9,18H,11H2,1H3. The predicted molar refractivity (Wildman–Crippen MR) is 74.9 cm³/mol. The van der Waals surface area contributed by atoms with Crippen LogP contribution in [0.15, 0.2) is 48.5 Å². The number of carbonyl (C=O) groups excluding carboxylic acids is 1. The van der Waals surface area contributed by atoms with Crippen LogP contribution in [0.25, 0.3) is 0 Å². The number of carbonyl (C=O) groups is 1. The number of hydrogen-bond acceptors (Lipinski definition) is 3. The Bertz CT molecular complexity index is 624. The van der Waals surface area contributed by atoms with Gasteiger partial charge in [-0.25, -0.2) is 0 Å². The van der Waals surface area contributed by atoms with Crippen LogP contribution in [0.1, 0.15) is 28.4 Å². The van der Waals surface area contributed by atoms with Gasteiger partial charge >= 0.3 is 0 Å². The molecular weight excluding hydrogens is 236 g/mol. The summed E-state index contributed by atoms with van der Waals surface area (Å²) in [5.41, 5.74) is 3.26. The number of nitriles is 1. The van der Waals surface area contributed by atoms with Crippen molar-refractivity contribution in [1.29, 1.82) is 5.26 Å². The molecule has 0 spiro atoms. The molecular formula is C16H14N2O. The third kappa shape index (κ3) is 3.20. The quantitative estimate of drug-likeness (QED) is 0.846. The summed E-state index contributed by atoms with van der Waals surface area (Å²) in [5, 5.41) is 12.2. The lowest BCUT2D eigenvalue weighted by Crippen LogP contribution is -2.02. The van der Waals surface area contributed by atoms with Crippen molar-refractivity contribution in [2.24, 2.45) is 0 Å². The molecule has 0 heterocycles. The first-order valence-electron chi connectivity index (χ1n) is 6.03. The summed E-state index contributed by atoms with van der Waals surface area (Å²) in [6.45, 7) is 2.13. The summed E-state index contributed by atoms with van der Waals surface area (Å²) in [5.74, 6) is 0.0568. The molecule has 0 atom stereocenters. The first-order chi connectivity index (χ1) is 9.20. The predicted octanol–water partition coefficient (Wildman–Crippen LogP) is 3.37. The lowest BCUT2D eigenvalue weighted by molar-refractivity contribution is 0.101. The van der Waals surface area contributed by atoms with Crippen molar-refractivity contribution < 1.29 is 4.79 Å². The van der Waals surface area contributed by atoms with E-state index < -0.39 is 0 Å². The summed E-state index contributed by atoms with van der Waals surface area (Å²) in [6.07, 6.45) is 0. The first kappa shape index (κ1) is 12.8. The van der Waals surface area contributed by atoms with Crippen LogP contribution in [0.2, 0.25) is 0 Å². The van der Waals surface area contributed by atoms with Gasteiger partial charge in [0.15, 0.2) is 5.78 Å². The Morgan fingerprint density at radius 2 is 1.84 bits per heavy atom. The van der Waals surface area contributed by atoms with E-state index in [1.807, 2.05) is 30.3 Å². The molecule has 0 unspecified atom stereocenters. The number of benzene rings is 2.